The minimum Gasteiger partial charge on any atom is -0.310 e. The summed E-state index contributed by atoms with van der Waals surface area (Å²) < 4.78 is 0. The zero-order valence-corrected chi connectivity index (χ0v) is 17.7. The molecule has 2 aromatic heterocycles. The lowest BCUT2D eigenvalue weighted by Crippen LogP contribution is -2.33. The average molecular weight is 411 g/mol. The summed E-state index contributed by atoms with van der Waals surface area (Å²) in [4.78, 5) is 27.1. The first-order valence-corrected chi connectivity index (χ1v) is 10.9. The standard InChI is InChI=1S/C26H26N4O/c1-18-7-8-24-23(14-18)26(31)29-25(28-24)20-9-12-30(13-10-20)17-19-4-2-5-21(15-19)22-6-3-11-27-16-22/h2-8,11,14-16,20H,9-10,12-13,17H2,1H3,(H,28,29,31). The van der Waals surface area contributed by atoms with Crippen LogP contribution in [0.25, 0.3) is 22.0 Å². The van der Waals surface area contributed by atoms with Crippen LogP contribution in [-0.4, -0.2) is 32.9 Å². The van der Waals surface area contributed by atoms with Crippen molar-refractivity contribution in [2.75, 3.05) is 13.1 Å². The van der Waals surface area contributed by atoms with Gasteiger partial charge >= 0.3 is 0 Å². The minimum atomic E-state index is -0.0293. The summed E-state index contributed by atoms with van der Waals surface area (Å²) in [7, 11) is 0. The third-order valence-electron chi connectivity index (χ3n) is 6.18. The monoisotopic (exact) mass is 410 g/mol. The summed E-state index contributed by atoms with van der Waals surface area (Å²) in [5.41, 5.74) is 5.50. The number of pyridine rings is 1. The van der Waals surface area contributed by atoms with Crippen molar-refractivity contribution in [1.82, 2.24) is 19.9 Å². The van der Waals surface area contributed by atoms with E-state index in [4.69, 9.17) is 4.98 Å². The van der Waals surface area contributed by atoms with Crippen molar-refractivity contribution in [3.05, 3.63) is 94.3 Å². The number of rotatable bonds is 4. The Morgan fingerprint density at radius 2 is 1.87 bits per heavy atom. The van der Waals surface area contributed by atoms with Crippen LogP contribution >= 0.6 is 0 Å². The van der Waals surface area contributed by atoms with Gasteiger partial charge in [0.2, 0.25) is 0 Å². The summed E-state index contributed by atoms with van der Waals surface area (Å²) in [5.74, 6) is 1.14. The van der Waals surface area contributed by atoms with E-state index in [1.165, 1.54) is 11.1 Å². The quantitative estimate of drug-likeness (QED) is 0.531. The van der Waals surface area contributed by atoms with Gasteiger partial charge in [-0.25, -0.2) is 4.98 Å². The molecular weight excluding hydrogens is 384 g/mol. The zero-order chi connectivity index (χ0) is 21.2. The van der Waals surface area contributed by atoms with Gasteiger partial charge in [0.25, 0.3) is 5.56 Å². The number of aromatic nitrogens is 3. The Hall–Kier alpha value is -3.31. The molecule has 1 saturated heterocycles. The van der Waals surface area contributed by atoms with E-state index in [0.29, 0.717) is 11.3 Å². The van der Waals surface area contributed by atoms with Crippen molar-refractivity contribution in [3.63, 3.8) is 0 Å². The van der Waals surface area contributed by atoms with E-state index in [-0.39, 0.29) is 5.56 Å². The molecule has 4 aromatic rings. The molecule has 5 heteroatoms. The minimum absolute atomic E-state index is 0.0293. The topological polar surface area (TPSA) is 61.9 Å². The number of hydrogen-bond acceptors (Lipinski definition) is 4. The summed E-state index contributed by atoms with van der Waals surface area (Å²) >= 11 is 0. The van der Waals surface area contributed by atoms with Crippen LogP contribution in [-0.2, 0) is 6.54 Å². The van der Waals surface area contributed by atoms with Gasteiger partial charge in [-0.15, -0.1) is 0 Å². The predicted molar refractivity (Wildman–Crippen MR) is 124 cm³/mol. The van der Waals surface area contributed by atoms with Gasteiger partial charge in [-0.05, 0) is 73.8 Å². The van der Waals surface area contributed by atoms with Crippen LogP contribution in [0.3, 0.4) is 0 Å². The van der Waals surface area contributed by atoms with Crippen molar-refractivity contribution in [3.8, 4) is 11.1 Å². The number of fused-ring (bicyclic) bond motifs is 1. The number of aryl methyl sites for hydroxylation is 1. The van der Waals surface area contributed by atoms with E-state index in [2.05, 4.69) is 45.2 Å². The molecule has 0 atom stereocenters. The first-order chi connectivity index (χ1) is 15.2. The highest BCUT2D eigenvalue weighted by Gasteiger charge is 2.23. The second-order valence-electron chi connectivity index (χ2n) is 8.46. The maximum absolute atomic E-state index is 12.5. The molecular formula is C26H26N4O. The molecule has 31 heavy (non-hydrogen) atoms. The van der Waals surface area contributed by atoms with Crippen LogP contribution in [0.1, 0.15) is 35.7 Å². The molecule has 1 aliphatic heterocycles. The lowest BCUT2D eigenvalue weighted by Gasteiger charge is -2.31. The van der Waals surface area contributed by atoms with E-state index in [1.807, 2.05) is 37.4 Å². The van der Waals surface area contributed by atoms with Gasteiger partial charge in [-0.1, -0.05) is 35.9 Å². The highest BCUT2D eigenvalue weighted by Crippen LogP contribution is 2.27. The molecule has 3 heterocycles. The van der Waals surface area contributed by atoms with Gasteiger partial charge < -0.3 is 4.98 Å². The van der Waals surface area contributed by atoms with Crippen LogP contribution < -0.4 is 5.56 Å². The highest BCUT2D eigenvalue weighted by molar-refractivity contribution is 5.78. The van der Waals surface area contributed by atoms with Crippen LogP contribution in [0.2, 0.25) is 0 Å². The van der Waals surface area contributed by atoms with E-state index in [9.17, 15) is 4.79 Å². The lowest BCUT2D eigenvalue weighted by molar-refractivity contribution is 0.202. The van der Waals surface area contributed by atoms with Crippen LogP contribution in [0.4, 0.5) is 0 Å². The third kappa shape index (κ3) is 4.28. The third-order valence-corrected chi connectivity index (χ3v) is 6.18. The van der Waals surface area contributed by atoms with Gasteiger partial charge in [0, 0.05) is 24.9 Å². The molecule has 0 amide bonds. The maximum atomic E-state index is 12.5. The van der Waals surface area contributed by atoms with Gasteiger partial charge in [0.15, 0.2) is 0 Å². The number of aromatic amines is 1. The molecule has 5 nitrogen and oxygen atoms in total. The van der Waals surface area contributed by atoms with Gasteiger partial charge in [0.05, 0.1) is 10.9 Å². The van der Waals surface area contributed by atoms with E-state index in [0.717, 1.165) is 54.9 Å². The summed E-state index contributed by atoms with van der Waals surface area (Å²) in [6, 6.07) is 18.6. The molecule has 1 aliphatic rings. The normalized spacial score (nSPS) is 15.4. The number of H-pyrrole nitrogens is 1. The van der Waals surface area contributed by atoms with Gasteiger partial charge in [0.1, 0.15) is 5.82 Å². The number of nitrogens with one attached hydrogen (secondary N) is 1. The molecule has 1 fully saturated rings. The number of piperidine rings is 1. The molecule has 0 radical (unpaired) electrons. The molecule has 1 N–H and O–H groups in total. The molecule has 0 saturated carbocycles. The molecule has 0 bridgehead atoms. The second kappa shape index (κ2) is 8.44. The fourth-order valence-electron chi connectivity index (χ4n) is 4.47. The Morgan fingerprint density at radius 3 is 2.68 bits per heavy atom. The Morgan fingerprint density at radius 1 is 1.03 bits per heavy atom. The van der Waals surface area contributed by atoms with Crippen molar-refractivity contribution >= 4 is 10.9 Å². The molecule has 0 aliphatic carbocycles. The number of nitrogens with zero attached hydrogens (tertiary/aromatic N) is 3. The largest absolute Gasteiger partial charge is 0.310 e. The molecule has 0 spiro atoms. The summed E-state index contributed by atoms with van der Waals surface area (Å²) in [5, 5.41) is 0.676. The molecule has 0 unspecified atom stereocenters. The smallest absolute Gasteiger partial charge is 0.258 e. The van der Waals surface area contributed by atoms with Gasteiger partial charge in [-0.3, -0.25) is 14.7 Å². The van der Waals surface area contributed by atoms with E-state index < -0.39 is 0 Å². The Bertz CT molecular complexity index is 1260. The van der Waals surface area contributed by atoms with Crippen LogP contribution in [0, 0.1) is 6.92 Å². The molecule has 5 rings (SSSR count). The number of benzene rings is 2. The molecule has 2 aromatic carbocycles. The SMILES string of the molecule is Cc1ccc2nc(C3CCN(Cc4cccc(-c5cccnc5)c4)CC3)[nH]c(=O)c2c1. The fourth-order valence-corrected chi connectivity index (χ4v) is 4.47. The molecule has 156 valence electrons. The van der Waals surface area contributed by atoms with Crippen LogP contribution in [0.15, 0.2) is 71.8 Å². The van der Waals surface area contributed by atoms with E-state index >= 15 is 0 Å². The average Bonchev–Trinajstić information content (AvgIpc) is 2.81. The first-order valence-electron chi connectivity index (χ1n) is 10.9. The predicted octanol–water partition coefficient (Wildman–Crippen LogP) is 4.67. The van der Waals surface area contributed by atoms with E-state index in [1.54, 1.807) is 6.20 Å². The summed E-state index contributed by atoms with van der Waals surface area (Å²) in [6.45, 7) is 4.92. The Labute approximate surface area is 181 Å². The van der Waals surface area contributed by atoms with Gasteiger partial charge in [-0.2, -0.15) is 0 Å². The van der Waals surface area contributed by atoms with Crippen molar-refractivity contribution in [2.45, 2.75) is 32.2 Å². The summed E-state index contributed by atoms with van der Waals surface area (Å²) in [6.07, 6.45) is 5.71. The van der Waals surface area contributed by atoms with Crippen molar-refractivity contribution in [2.24, 2.45) is 0 Å². The highest BCUT2D eigenvalue weighted by atomic mass is 16.1. The maximum Gasteiger partial charge on any atom is 0.258 e. The lowest BCUT2D eigenvalue weighted by atomic mass is 9.95. The Balaban J connectivity index is 1.27. The second-order valence-corrected chi connectivity index (χ2v) is 8.46. The van der Waals surface area contributed by atoms with Crippen molar-refractivity contribution < 1.29 is 0 Å². The first kappa shape index (κ1) is 19.6. The fraction of sp³-hybridized carbons (Fsp3) is 0.269. The number of hydrogen-bond donors (Lipinski definition) is 1. The zero-order valence-electron chi connectivity index (χ0n) is 17.7. The van der Waals surface area contributed by atoms with Crippen LogP contribution in [0.5, 0.6) is 0 Å². The van der Waals surface area contributed by atoms with Crippen molar-refractivity contribution in [1.29, 1.82) is 0 Å². The Kier molecular flexibility index (Phi) is 5.35. The number of likely N-dealkylation sites (tertiary alicyclic amines) is 1.